The fourth-order valence-electron chi connectivity index (χ4n) is 1.77. The van der Waals surface area contributed by atoms with Crippen LogP contribution in [0, 0.1) is 0 Å². The lowest BCUT2D eigenvalue weighted by molar-refractivity contribution is 1.44. The average molecular weight is 198 g/mol. The Labute approximate surface area is 92.0 Å². The Bertz CT molecular complexity index is 488. The van der Waals surface area contributed by atoms with Crippen molar-refractivity contribution in [3.8, 4) is 0 Å². The van der Waals surface area contributed by atoms with Gasteiger partial charge in [0.05, 0.1) is 0 Å². The van der Waals surface area contributed by atoms with Crippen LogP contribution in [0.1, 0.15) is 31.9 Å². The predicted molar refractivity (Wildman–Crippen MR) is 70.8 cm³/mol. The van der Waals surface area contributed by atoms with Crippen LogP contribution in [0.3, 0.4) is 0 Å². The third kappa shape index (κ3) is 2.27. The van der Waals surface area contributed by atoms with Crippen LogP contribution < -0.4 is 10.4 Å². The third-order valence-corrected chi connectivity index (χ3v) is 2.51. The smallest absolute Gasteiger partial charge is 0.0112 e. The quantitative estimate of drug-likeness (QED) is 0.685. The van der Waals surface area contributed by atoms with Gasteiger partial charge in [0.15, 0.2) is 0 Å². The molecule has 0 spiro atoms. The van der Waals surface area contributed by atoms with Crippen molar-refractivity contribution in [2.45, 2.75) is 20.8 Å². The minimum absolute atomic E-state index is 1.19. The molecule has 78 valence electrons. The van der Waals surface area contributed by atoms with E-state index in [0.717, 1.165) is 0 Å². The van der Waals surface area contributed by atoms with Crippen molar-refractivity contribution in [1.82, 2.24) is 0 Å². The first kappa shape index (κ1) is 11.5. The third-order valence-electron chi connectivity index (χ3n) is 2.51. The van der Waals surface area contributed by atoms with Crippen molar-refractivity contribution < 1.29 is 0 Å². The molecule has 1 aromatic rings. The molecule has 0 aliphatic rings. The molecule has 0 radical (unpaired) electrons. The molecule has 0 saturated heterocycles. The Morgan fingerprint density at radius 3 is 2.27 bits per heavy atom. The van der Waals surface area contributed by atoms with E-state index in [0.29, 0.717) is 0 Å². The molecule has 0 unspecified atom stereocenters. The maximum absolute atomic E-state index is 3.85. The highest BCUT2D eigenvalue weighted by Crippen LogP contribution is 2.05. The number of rotatable bonds is 2. The van der Waals surface area contributed by atoms with Crippen LogP contribution in [-0.4, -0.2) is 0 Å². The summed E-state index contributed by atoms with van der Waals surface area (Å²) in [5, 5.41) is 2.56. The topological polar surface area (TPSA) is 0 Å². The summed E-state index contributed by atoms with van der Waals surface area (Å²) in [7, 11) is 0. The lowest BCUT2D eigenvalue weighted by Crippen LogP contribution is -2.27. The van der Waals surface area contributed by atoms with Crippen LogP contribution in [0.15, 0.2) is 24.8 Å². The number of allylic oxidation sites excluding steroid dienone is 1. The largest absolute Gasteiger partial charge is 0.0984 e. The molecule has 0 heteroatoms. The molecule has 0 aliphatic carbocycles. The highest BCUT2D eigenvalue weighted by atomic mass is 14.0. The summed E-state index contributed by atoms with van der Waals surface area (Å²) >= 11 is 0. The molecule has 0 amide bonds. The summed E-state index contributed by atoms with van der Waals surface area (Å²) in [6.07, 6.45) is 10.4. The van der Waals surface area contributed by atoms with Crippen molar-refractivity contribution in [3.63, 3.8) is 0 Å². The van der Waals surface area contributed by atoms with Crippen LogP contribution in [0.25, 0.3) is 24.3 Å². The van der Waals surface area contributed by atoms with Gasteiger partial charge < -0.3 is 0 Å². The molecular formula is C15H18. The van der Waals surface area contributed by atoms with Crippen molar-refractivity contribution in [3.05, 3.63) is 46.4 Å². The van der Waals surface area contributed by atoms with E-state index in [4.69, 9.17) is 0 Å². The van der Waals surface area contributed by atoms with Crippen LogP contribution in [-0.2, 0) is 0 Å². The van der Waals surface area contributed by atoms with Gasteiger partial charge in [-0.2, -0.15) is 0 Å². The zero-order valence-corrected chi connectivity index (χ0v) is 9.75. The fraction of sp³-hybridized carbons (Fsp3) is 0.200. The van der Waals surface area contributed by atoms with E-state index < -0.39 is 0 Å². The first-order valence-corrected chi connectivity index (χ1v) is 5.29. The lowest BCUT2D eigenvalue weighted by Gasteiger charge is -2.03. The molecule has 0 atom stereocenters. The maximum atomic E-state index is 3.85. The van der Waals surface area contributed by atoms with Crippen LogP contribution >= 0.6 is 0 Å². The van der Waals surface area contributed by atoms with Gasteiger partial charge in [-0.1, -0.05) is 49.1 Å². The minimum Gasteiger partial charge on any atom is -0.0984 e. The van der Waals surface area contributed by atoms with Gasteiger partial charge in [0, 0.05) is 0 Å². The zero-order valence-electron chi connectivity index (χ0n) is 9.75. The second kappa shape index (κ2) is 5.35. The molecule has 0 aromatic heterocycles. The van der Waals surface area contributed by atoms with E-state index in [2.05, 4.69) is 56.9 Å². The Morgan fingerprint density at radius 2 is 1.80 bits per heavy atom. The molecule has 0 saturated carbocycles. The molecule has 0 aliphatic heterocycles. The van der Waals surface area contributed by atoms with Crippen molar-refractivity contribution in [2.24, 2.45) is 0 Å². The summed E-state index contributed by atoms with van der Waals surface area (Å²) in [6, 6.07) is 4.25. The van der Waals surface area contributed by atoms with Crippen LogP contribution in [0.5, 0.6) is 0 Å². The van der Waals surface area contributed by atoms with Crippen LogP contribution in [0.2, 0.25) is 0 Å². The number of hydrogen-bond donors (Lipinski definition) is 0. The Kier molecular flexibility index (Phi) is 4.11. The highest BCUT2D eigenvalue weighted by Gasteiger charge is 1.97. The van der Waals surface area contributed by atoms with Crippen molar-refractivity contribution in [2.75, 3.05) is 0 Å². The fourth-order valence-corrected chi connectivity index (χ4v) is 1.77. The van der Waals surface area contributed by atoms with Crippen molar-refractivity contribution >= 4 is 24.3 Å². The number of hydrogen-bond acceptors (Lipinski definition) is 0. The summed E-state index contributed by atoms with van der Waals surface area (Å²) in [5.74, 6) is 0. The molecule has 0 N–H and O–H groups in total. The first-order valence-electron chi connectivity index (χ1n) is 5.29. The summed E-state index contributed by atoms with van der Waals surface area (Å²) in [5.41, 5.74) is 2.44. The molecule has 0 bridgehead atoms. The second-order valence-corrected chi connectivity index (χ2v) is 3.35. The second-order valence-electron chi connectivity index (χ2n) is 3.35. The van der Waals surface area contributed by atoms with Gasteiger partial charge in [-0.05, 0) is 42.3 Å². The SMILES string of the molecule is C=Cc1ccc(=C/C)/c(=C\C)c1/C=C\C. The van der Waals surface area contributed by atoms with Gasteiger partial charge >= 0.3 is 0 Å². The monoisotopic (exact) mass is 198 g/mol. The van der Waals surface area contributed by atoms with Crippen LogP contribution in [0.4, 0.5) is 0 Å². The van der Waals surface area contributed by atoms with E-state index in [-0.39, 0.29) is 0 Å². The normalized spacial score (nSPS) is 13.8. The van der Waals surface area contributed by atoms with Gasteiger partial charge in [-0.25, -0.2) is 0 Å². The molecular weight excluding hydrogens is 180 g/mol. The van der Waals surface area contributed by atoms with E-state index >= 15 is 0 Å². The molecule has 0 fully saturated rings. The maximum Gasteiger partial charge on any atom is -0.0112 e. The molecule has 1 aromatic carbocycles. The Hall–Kier alpha value is -1.56. The predicted octanol–water partition coefficient (Wildman–Crippen LogP) is 2.96. The van der Waals surface area contributed by atoms with E-state index in [1.165, 1.54) is 21.6 Å². The first-order chi connectivity index (χ1) is 7.28. The van der Waals surface area contributed by atoms with E-state index in [1.807, 2.05) is 13.0 Å². The van der Waals surface area contributed by atoms with Gasteiger partial charge in [0.25, 0.3) is 0 Å². The summed E-state index contributed by atoms with van der Waals surface area (Å²) < 4.78 is 0. The molecule has 1 rings (SSSR count). The summed E-state index contributed by atoms with van der Waals surface area (Å²) in [4.78, 5) is 0. The Balaban J connectivity index is 3.76. The summed E-state index contributed by atoms with van der Waals surface area (Å²) in [6.45, 7) is 10.0. The highest BCUT2D eigenvalue weighted by molar-refractivity contribution is 5.66. The zero-order chi connectivity index (χ0) is 11.3. The van der Waals surface area contributed by atoms with Gasteiger partial charge in [0.1, 0.15) is 0 Å². The standard InChI is InChI=1S/C15H18/c1-5-9-15-13(7-3)11-10-12(6-2)14(15)8-4/h5-11H,3H2,1-2,4H3/b9-5-,12-6-,14-8+. The van der Waals surface area contributed by atoms with E-state index in [9.17, 15) is 0 Å². The molecule has 0 nitrogen and oxygen atoms in total. The lowest BCUT2D eigenvalue weighted by atomic mass is 10.0. The average Bonchev–Trinajstić information content (AvgIpc) is 2.28. The Morgan fingerprint density at radius 1 is 1.07 bits per heavy atom. The number of benzene rings is 1. The minimum atomic E-state index is 1.19. The molecule has 15 heavy (non-hydrogen) atoms. The van der Waals surface area contributed by atoms with Crippen molar-refractivity contribution in [1.29, 1.82) is 0 Å². The van der Waals surface area contributed by atoms with Gasteiger partial charge in [-0.3, -0.25) is 0 Å². The van der Waals surface area contributed by atoms with E-state index in [1.54, 1.807) is 0 Å². The van der Waals surface area contributed by atoms with Gasteiger partial charge in [0.2, 0.25) is 0 Å². The van der Waals surface area contributed by atoms with Gasteiger partial charge in [-0.15, -0.1) is 0 Å². The molecule has 0 heterocycles.